The number of hydrogen-bond donors (Lipinski definition) is 2. The molecule has 0 saturated heterocycles. The first-order valence-corrected chi connectivity index (χ1v) is 10.8. The minimum atomic E-state index is -0.759. The van der Waals surface area contributed by atoms with Gasteiger partial charge in [-0.3, -0.25) is 9.78 Å². The summed E-state index contributed by atoms with van der Waals surface area (Å²) in [5.41, 5.74) is 1.84. The zero-order valence-corrected chi connectivity index (χ0v) is 18.1. The number of amides is 1. The Morgan fingerprint density at radius 1 is 1.00 bits per heavy atom. The number of benzene rings is 2. The van der Waals surface area contributed by atoms with Crippen LogP contribution < -0.4 is 10.6 Å². The van der Waals surface area contributed by atoms with Gasteiger partial charge in [-0.2, -0.15) is 0 Å². The first-order valence-electron chi connectivity index (χ1n) is 10.4. The number of nitrogens with one attached hydrogen (secondary N) is 2. The number of hydrogen-bond acceptors (Lipinski definition) is 3. The van der Waals surface area contributed by atoms with Crippen LogP contribution in [0.1, 0.15) is 37.0 Å². The summed E-state index contributed by atoms with van der Waals surface area (Å²) in [6.45, 7) is 4.23. The van der Waals surface area contributed by atoms with E-state index in [1.165, 1.54) is 0 Å². The second-order valence-corrected chi connectivity index (χ2v) is 8.87. The molecule has 1 heterocycles. The van der Waals surface area contributed by atoms with Crippen molar-refractivity contribution in [2.75, 3.05) is 5.32 Å². The van der Waals surface area contributed by atoms with E-state index >= 15 is 0 Å². The summed E-state index contributed by atoms with van der Waals surface area (Å²) in [5, 5.41) is 8.27. The predicted molar refractivity (Wildman–Crippen MR) is 119 cm³/mol. The molecule has 1 aliphatic carbocycles. The van der Waals surface area contributed by atoms with Crippen molar-refractivity contribution in [3.63, 3.8) is 0 Å². The van der Waals surface area contributed by atoms with Crippen LogP contribution in [0.3, 0.4) is 0 Å². The van der Waals surface area contributed by atoms with E-state index in [9.17, 15) is 13.6 Å². The topological polar surface area (TPSA) is 54.0 Å². The molecule has 1 amide bonds. The average Bonchev–Trinajstić information content (AvgIpc) is 2.70. The van der Waals surface area contributed by atoms with Crippen molar-refractivity contribution in [3.8, 4) is 0 Å². The van der Waals surface area contributed by atoms with Crippen LogP contribution in [0.25, 0.3) is 10.9 Å². The predicted octanol–water partition coefficient (Wildman–Crippen LogP) is 5.81. The number of fused-ring (bicyclic) bond motifs is 1. The lowest BCUT2D eigenvalue weighted by molar-refractivity contribution is 0.0892. The molecule has 0 aliphatic heterocycles. The smallest absolute Gasteiger partial charge is 0.251 e. The van der Waals surface area contributed by atoms with Crippen molar-refractivity contribution in [3.05, 3.63) is 70.9 Å². The maximum Gasteiger partial charge on any atom is 0.251 e. The van der Waals surface area contributed by atoms with E-state index in [2.05, 4.69) is 29.5 Å². The van der Waals surface area contributed by atoms with Crippen LogP contribution in [-0.2, 0) is 0 Å². The van der Waals surface area contributed by atoms with Gasteiger partial charge in [-0.25, -0.2) is 8.78 Å². The number of rotatable bonds is 4. The Bertz CT molecular complexity index is 1100. The highest BCUT2D eigenvalue weighted by Crippen LogP contribution is 2.33. The van der Waals surface area contributed by atoms with Crippen LogP contribution in [0.5, 0.6) is 0 Å². The summed E-state index contributed by atoms with van der Waals surface area (Å²) in [4.78, 5) is 16.9. The van der Waals surface area contributed by atoms with Crippen LogP contribution in [0.4, 0.5) is 14.5 Å². The Balaban J connectivity index is 1.45. The standard InChI is InChI=1S/C24H24ClF2N3O/c1-13-8-22(30-24(31)15-9-17(26)12-18(27)10-15)14(2)7-21(13)29-20-5-6-28-23-11-16(25)3-4-19(20)23/h3-6,9-14,21-22H,7-8H2,1-2H3,(H,28,29)(H,30,31)/t13-,14+,21+,22+/m1/s1. The third-order valence-corrected chi connectivity index (χ3v) is 6.35. The Morgan fingerprint density at radius 2 is 1.68 bits per heavy atom. The number of halogens is 3. The van der Waals surface area contributed by atoms with Gasteiger partial charge in [0.15, 0.2) is 0 Å². The number of aromatic nitrogens is 1. The third kappa shape index (κ3) is 4.79. The monoisotopic (exact) mass is 443 g/mol. The molecule has 0 unspecified atom stereocenters. The van der Waals surface area contributed by atoms with Gasteiger partial charge in [0.25, 0.3) is 5.91 Å². The zero-order chi connectivity index (χ0) is 22.1. The molecule has 1 aromatic heterocycles. The third-order valence-electron chi connectivity index (χ3n) is 6.11. The highest BCUT2D eigenvalue weighted by atomic mass is 35.5. The second kappa shape index (κ2) is 8.79. The zero-order valence-electron chi connectivity index (χ0n) is 17.3. The van der Waals surface area contributed by atoms with Crippen molar-refractivity contribution in [1.82, 2.24) is 10.3 Å². The van der Waals surface area contributed by atoms with Crippen molar-refractivity contribution in [1.29, 1.82) is 0 Å². The second-order valence-electron chi connectivity index (χ2n) is 8.43. The summed E-state index contributed by atoms with van der Waals surface area (Å²) in [6, 6.07) is 10.6. The van der Waals surface area contributed by atoms with Crippen molar-refractivity contribution in [2.24, 2.45) is 11.8 Å². The molecule has 1 saturated carbocycles. The average molecular weight is 444 g/mol. The number of anilines is 1. The summed E-state index contributed by atoms with van der Waals surface area (Å²) < 4.78 is 26.9. The Kier molecular flexibility index (Phi) is 6.10. The van der Waals surface area contributed by atoms with Gasteiger partial charge in [0.05, 0.1) is 5.52 Å². The molecule has 1 fully saturated rings. The molecular formula is C24H24ClF2N3O. The van der Waals surface area contributed by atoms with Gasteiger partial charge < -0.3 is 10.6 Å². The lowest BCUT2D eigenvalue weighted by atomic mass is 9.76. The molecule has 4 atom stereocenters. The van der Waals surface area contributed by atoms with E-state index in [-0.39, 0.29) is 29.5 Å². The molecule has 0 radical (unpaired) electrons. The Hall–Kier alpha value is -2.73. The lowest BCUT2D eigenvalue weighted by Gasteiger charge is -2.40. The van der Waals surface area contributed by atoms with Gasteiger partial charge in [0.2, 0.25) is 0 Å². The van der Waals surface area contributed by atoms with Gasteiger partial charge in [-0.1, -0.05) is 25.4 Å². The molecule has 0 spiro atoms. The fourth-order valence-electron chi connectivity index (χ4n) is 4.38. The largest absolute Gasteiger partial charge is 0.381 e. The van der Waals surface area contributed by atoms with Gasteiger partial charge in [0, 0.05) is 46.0 Å². The molecule has 2 N–H and O–H groups in total. The molecular weight excluding hydrogens is 420 g/mol. The number of pyridine rings is 1. The lowest BCUT2D eigenvalue weighted by Crippen LogP contribution is -2.48. The maximum atomic E-state index is 13.5. The molecule has 0 bridgehead atoms. The molecule has 4 rings (SSSR count). The highest BCUT2D eigenvalue weighted by molar-refractivity contribution is 6.31. The number of carbonyl (C=O) groups is 1. The highest BCUT2D eigenvalue weighted by Gasteiger charge is 2.34. The molecule has 2 aromatic carbocycles. The molecule has 162 valence electrons. The van der Waals surface area contributed by atoms with E-state index in [1.807, 2.05) is 24.3 Å². The molecule has 4 nitrogen and oxygen atoms in total. The molecule has 31 heavy (non-hydrogen) atoms. The first kappa shape index (κ1) is 21.5. The first-order chi connectivity index (χ1) is 14.8. The molecule has 1 aliphatic rings. The van der Waals surface area contributed by atoms with Crippen molar-refractivity contribution >= 4 is 34.1 Å². The molecule has 3 aromatic rings. The fourth-order valence-corrected chi connectivity index (χ4v) is 4.55. The quantitative estimate of drug-likeness (QED) is 0.535. The summed E-state index contributed by atoms with van der Waals surface area (Å²) >= 11 is 6.09. The molecule has 7 heteroatoms. The van der Waals surface area contributed by atoms with Gasteiger partial charge >= 0.3 is 0 Å². The minimum Gasteiger partial charge on any atom is -0.381 e. The van der Waals surface area contributed by atoms with Gasteiger partial charge in [0.1, 0.15) is 11.6 Å². The number of nitrogens with zero attached hydrogens (tertiary/aromatic N) is 1. The SMILES string of the molecule is C[C@@H]1C[C@H](NC(=O)c2cc(F)cc(F)c2)[C@@H](C)C[C@@H]1Nc1ccnc2cc(Cl)ccc12. The van der Waals surface area contributed by atoms with E-state index in [0.29, 0.717) is 5.02 Å². The van der Waals surface area contributed by atoms with Crippen LogP contribution in [0.2, 0.25) is 5.02 Å². The van der Waals surface area contributed by atoms with Crippen LogP contribution in [-0.4, -0.2) is 23.0 Å². The maximum absolute atomic E-state index is 13.5. The van der Waals surface area contributed by atoms with Crippen molar-refractivity contribution in [2.45, 2.75) is 38.8 Å². The van der Waals surface area contributed by atoms with Crippen molar-refractivity contribution < 1.29 is 13.6 Å². The minimum absolute atomic E-state index is 0.000447. The summed E-state index contributed by atoms with van der Waals surface area (Å²) in [5.74, 6) is -1.50. The van der Waals surface area contributed by atoms with Gasteiger partial charge in [-0.05, 0) is 61.1 Å². The summed E-state index contributed by atoms with van der Waals surface area (Å²) in [6.07, 6.45) is 3.37. The van der Waals surface area contributed by atoms with Gasteiger partial charge in [-0.15, -0.1) is 0 Å². The number of carbonyl (C=O) groups excluding carboxylic acids is 1. The summed E-state index contributed by atoms with van der Waals surface area (Å²) in [7, 11) is 0. The van der Waals surface area contributed by atoms with Crippen LogP contribution in [0, 0.1) is 23.5 Å². The Morgan fingerprint density at radius 3 is 2.42 bits per heavy atom. The van der Waals surface area contributed by atoms with Crippen LogP contribution in [0.15, 0.2) is 48.7 Å². The van der Waals surface area contributed by atoms with E-state index < -0.39 is 17.5 Å². The normalized spacial score (nSPS) is 23.5. The fraction of sp³-hybridized carbons (Fsp3) is 0.333. The van der Waals surface area contributed by atoms with E-state index in [1.54, 1.807) is 6.20 Å². The van der Waals surface area contributed by atoms with Crippen LogP contribution >= 0.6 is 11.6 Å². The van der Waals surface area contributed by atoms with E-state index in [4.69, 9.17) is 11.6 Å². The van der Waals surface area contributed by atoms with E-state index in [0.717, 1.165) is 47.6 Å². The Labute approximate surface area is 185 Å².